The number of aliphatic hydroxyl groups excluding tert-OH is 1. The first kappa shape index (κ1) is 26.4. The fourth-order valence-electron chi connectivity index (χ4n) is 6.69. The molecule has 37 heavy (non-hydrogen) atoms. The molecule has 2 amide bonds. The molecule has 0 unspecified atom stereocenters. The van der Waals surface area contributed by atoms with Gasteiger partial charge in [0.05, 0.1) is 18.3 Å². The lowest BCUT2D eigenvalue weighted by atomic mass is 9.82. The first-order valence-electron chi connectivity index (χ1n) is 13.1. The summed E-state index contributed by atoms with van der Waals surface area (Å²) in [6.07, 6.45) is 2.37. The molecule has 2 fully saturated rings. The molecule has 3 aliphatic rings. The molecule has 1 spiro atoms. The van der Waals surface area contributed by atoms with E-state index in [-0.39, 0.29) is 29.9 Å². The van der Waals surface area contributed by atoms with Crippen LogP contribution in [0.2, 0.25) is 23.7 Å². The number of hydrogen-bond acceptors (Lipinski definition) is 5. The molecule has 4 atom stereocenters. The average Bonchev–Trinajstić information content (AvgIpc) is 3.26. The standard InChI is InChI=1S/C28H35ClN2O5Si/c1-18-26(37(2,3)35)24(12-14-32)36-28(18)22-16-20(29)10-11-23(22)31(27(28)34)17-19-7-6-8-21(15-19)30-13-5-4-9-25(30)33/h6-8,10-11,15-16,18,24,26,32,35H,4-5,9,12-14,17H2,1-3H3/t18-,24+,26-,28+/m0/s1. The first-order valence-corrected chi connectivity index (χ1v) is 16.5. The van der Waals surface area contributed by atoms with Gasteiger partial charge in [0.1, 0.15) is 0 Å². The van der Waals surface area contributed by atoms with Crippen LogP contribution in [0.4, 0.5) is 11.4 Å². The van der Waals surface area contributed by atoms with Crippen molar-refractivity contribution in [2.75, 3.05) is 23.0 Å². The Labute approximate surface area is 224 Å². The van der Waals surface area contributed by atoms with Crippen molar-refractivity contribution in [3.05, 3.63) is 58.6 Å². The maximum Gasteiger partial charge on any atom is 0.264 e. The van der Waals surface area contributed by atoms with Gasteiger partial charge in [-0.05, 0) is 68.3 Å². The van der Waals surface area contributed by atoms with E-state index in [9.17, 15) is 19.5 Å². The molecular weight excluding hydrogens is 508 g/mol. The van der Waals surface area contributed by atoms with Crippen molar-refractivity contribution in [2.24, 2.45) is 5.92 Å². The van der Waals surface area contributed by atoms with Crippen LogP contribution < -0.4 is 9.80 Å². The molecule has 2 aromatic rings. The van der Waals surface area contributed by atoms with Gasteiger partial charge < -0.3 is 24.4 Å². The fraction of sp³-hybridized carbons (Fsp3) is 0.500. The number of rotatable bonds is 6. The maximum atomic E-state index is 14.3. The quantitative estimate of drug-likeness (QED) is 0.521. The summed E-state index contributed by atoms with van der Waals surface area (Å²) in [7, 11) is -2.75. The van der Waals surface area contributed by atoms with Crippen LogP contribution in [0.5, 0.6) is 0 Å². The molecule has 0 radical (unpaired) electrons. The summed E-state index contributed by atoms with van der Waals surface area (Å²) in [5.41, 5.74) is 1.70. The molecular formula is C28H35ClN2O5Si. The molecule has 0 saturated carbocycles. The number of piperidine rings is 1. The van der Waals surface area contributed by atoms with E-state index >= 15 is 0 Å². The van der Waals surface area contributed by atoms with Crippen LogP contribution in [0.3, 0.4) is 0 Å². The number of aliphatic hydroxyl groups is 1. The summed E-state index contributed by atoms with van der Waals surface area (Å²) in [6.45, 7) is 6.64. The molecule has 3 aliphatic heterocycles. The normalized spacial score (nSPS) is 27.9. The summed E-state index contributed by atoms with van der Waals surface area (Å²) in [4.78, 5) is 41.6. The van der Waals surface area contributed by atoms with Crippen molar-refractivity contribution in [1.82, 2.24) is 0 Å². The van der Waals surface area contributed by atoms with E-state index in [0.717, 1.165) is 29.8 Å². The zero-order valence-electron chi connectivity index (χ0n) is 21.6. The van der Waals surface area contributed by atoms with Crippen LogP contribution >= 0.6 is 11.6 Å². The Morgan fingerprint density at radius 3 is 2.65 bits per heavy atom. The van der Waals surface area contributed by atoms with Gasteiger partial charge in [0.15, 0.2) is 13.9 Å². The van der Waals surface area contributed by atoms with Gasteiger partial charge in [-0.2, -0.15) is 0 Å². The largest absolute Gasteiger partial charge is 0.432 e. The highest BCUT2D eigenvalue weighted by atomic mass is 35.5. The van der Waals surface area contributed by atoms with Gasteiger partial charge in [0.2, 0.25) is 5.91 Å². The lowest BCUT2D eigenvalue weighted by molar-refractivity contribution is -0.146. The lowest BCUT2D eigenvalue weighted by Crippen LogP contribution is -2.46. The number of carbonyl (C=O) groups is 2. The third-order valence-corrected chi connectivity index (χ3v) is 11.0. The van der Waals surface area contributed by atoms with E-state index < -0.39 is 20.0 Å². The van der Waals surface area contributed by atoms with Crippen LogP contribution in [0.1, 0.15) is 43.7 Å². The van der Waals surface area contributed by atoms with E-state index in [1.54, 1.807) is 17.0 Å². The van der Waals surface area contributed by atoms with E-state index in [4.69, 9.17) is 16.3 Å². The minimum Gasteiger partial charge on any atom is -0.432 e. The highest BCUT2D eigenvalue weighted by Gasteiger charge is 2.66. The fourth-order valence-corrected chi connectivity index (χ4v) is 9.46. The van der Waals surface area contributed by atoms with Gasteiger partial charge in [-0.1, -0.05) is 30.7 Å². The molecule has 5 rings (SSSR count). The third kappa shape index (κ3) is 4.42. The van der Waals surface area contributed by atoms with Crippen molar-refractivity contribution in [3.8, 4) is 0 Å². The van der Waals surface area contributed by atoms with Crippen LogP contribution in [0.15, 0.2) is 42.5 Å². The third-order valence-electron chi connectivity index (χ3n) is 8.25. The van der Waals surface area contributed by atoms with Gasteiger partial charge in [-0.3, -0.25) is 9.59 Å². The Balaban J connectivity index is 1.53. The molecule has 0 aliphatic carbocycles. The van der Waals surface area contributed by atoms with Crippen LogP contribution in [0.25, 0.3) is 0 Å². The van der Waals surface area contributed by atoms with Gasteiger partial charge in [0, 0.05) is 47.3 Å². The summed E-state index contributed by atoms with van der Waals surface area (Å²) in [5.74, 6) is -0.354. The molecule has 2 N–H and O–H groups in total. The highest BCUT2D eigenvalue weighted by molar-refractivity contribution is 6.71. The van der Waals surface area contributed by atoms with Crippen molar-refractivity contribution >= 4 is 43.1 Å². The number of nitrogens with zero attached hydrogens (tertiary/aromatic N) is 2. The summed E-state index contributed by atoms with van der Waals surface area (Å²) >= 11 is 6.43. The van der Waals surface area contributed by atoms with Crippen LogP contribution in [0, 0.1) is 5.92 Å². The predicted octanol–water partition coefficient (Wildman–Crippen LogP) is 4.58. The molecule has 198 valence electrons. The first-order chi connectivity index (χ1) is 17.6. The van der Waals surface area contributed by atoms with E-state index in [2.05, 4.69) is 0 Å². The summed E-state index contributed by atoms with van der Waals surface area (Å²) in [5, 5.41) is 10.3. The molecule has 2 saturated heterocycles. The second kappa shape index (κ2) is 9.82. The Morgan fingerprint density at radius 1 is 1.16 bits per heavy atom. The maximum absolute atomic E-state index is 14.3. The number of ether oxygens (including phenoxy) is 1. The average molecular weight is 543 g/mol. The molecule has 2 aromatic carbocycles. The molecule has 3 heterocycles. The van der Waals surface area contributed by atoms with E-state index in [1.165, 1.54) is 0 Å². The Bertz CT molecular complexity index is 1220. The van der Waals surface area contributed by atoms with Gasteiger partial charge in [-0.15, -0.1) is 0 Å². The number of anilines is 2. The van der Waals surface area contributed by atoms with Crippen LogP contribution in [-0.4, -0.2) is 49.3 Å². The van der Waals surface area contributed by atoms with E-state index in [0.29, 0.717) is 36.5 Å². The zero-order chi connectivity index (χ0) is 26.5. The summed E-state index contributed by atoms with van der Waals surface area (Å²) < 4.78 is 6.61. The van der Waals surface area contributed by atoms with Gasteiger partial charge in [-0.25, -0.2) is 0 Å². The molecule has 9 heteroatoms. The van der Waals surface area contributed by atoms with E-state index in [1.807, 2.05) is 55.2 Å². The second-order valence-electron chi connectivity index (χ2n) is 11.1. The van der Waals surface area contributed by atoms with Crippen molar-refractivity contribution in [3.63, 3.8) is 0 Å². The molecule has 0 bridgehead atoms. The number of benzene rings is 2. The monoisotopic (exact) mass is 542 g/mol. The molecule has 7 nitrogen and oxygen atoms in total. The topological polar surface area (TPSA) is 90.3 Å². The van der Waals surface area contributed by atoms with Crippen molar-refractivity contribution in [2.45, 2.75) is 69.5 Å². The van der Waals surface area contributed by atoms with Crippen LogP contribution in [-0.2, 0) is 26.5 Å². The number of carbonyl (C=O) groups excluding carboxylic acids is 2. The van der Waals surface area contributed by atoms with Gasteiger partial charge >= 0.3 is 0 Å². The number of halogens is 1. The Hall–Kier alpha value is -2.23. The highest BCUT2D eigenvalue weighted by Crippen LogP contribution is 2.60. The SMILES string of the molecule is C[C@H]1[C@H]([Si](C)(C)O)[C@@H](CCO)O[C@]12C(=O)N(Cc1cccc(N3CCCCC3=O)c1)c1ccc(Cl)cc12. The number of amides is 2. The minimum absolute atomic E-state index is 0.0865. The second-order valence-corrected chi connectivity index (χ2v) is 15.5. The Morgan fingerprint density at radius 2 is 1.95 bits per heavy atom. The Kier molecular flexibility index (Phi) is 7.00. The lowest BCUT2D eigenvalue weighted by Gasteiger charge is -2.32. The number of hydrogen-bond donors (Lipinski definition) is 2. The predicted molar refractivity (Wildman–Crippen MR) is 146 cm³/mol. The van der Waals surface area contributed by atoms with Gasteiger partial charge in [0.25, 0.3) is 5.91 Å². The minimum atomic E-state index is -2.75. The summed E-state index contributed by atoms with van der Waals surface area (Å²) in [6, 6.07) is 13.2. The van der Waals surface area contributed by atoms with Crippen molar-refractivity contribution in [1.29, 1.82) is 0 Å². The zero-order valence-corrected chi connectivity index (χ0v) is 23.4. The smallest absolute Gasteiger partial charge is 0.264 e. The number of fused-ring (bicyclic) bond motifs is 2. The molecule has 0 aromatic heterocycles. The van der Waals surface area contributed by atoms with Crippen molar-refractivity contribution < 1.29 is 24.2 Å².